The molecule has 1 saturated heterocycles. The summed E-state index contributed by atoms with van der Waals surface area (Å²) in [6.07, 6.45) is 4.41. The molecule has 1 fully saturated rings. The van der Waals surface area contributed by atoms with Crippen molar-refractivity contribution in [2.45, 2.75) is 38.6 Å². The highest BCUT2D eigenvalue weighted by atomic mass is 16.5. The summed E-state index contributed by atoms with van der Waals surface area (Å²) in [5.74, 6) is 0.963. The summed E-state index contributed by atoms with van der Waals surface area (Å²) in [5.41, 5.74) is 1.11. The van der Waals surface area contributed by atoms with Gasteiger partial charge in [-0.15, -0.1) is 0 Å². The minimum absolute atomic E-state index is 0.499. The van der Waals surface area contributed by atoms with E-state index in [1.165, 1.54) is 6.42 Å². The monoisotopic (exact) mass is 249 g/mol. The van der Waals surface area contributed by atoms with E-state index in [-0.39, 0.29) is 0 Å². The summed E-state index contributed by atoms with van der Waals surface area (Å²) in [7, 11) is 0. The SMILES string of the molecule is CCCOc1ccccc1NC1CCCOCC1. The molecule has 1 atom stereocenters. The van der Waals surface area contributed by atoms with Gasteiger partial charge in [-0.2, -0.15) is 0 Å². The average molecular weight is 249 g/mol. The smallest absolute Gasteiger partial charge is 0.142 e. The molecule has 3 heteroatoms. The van der Waals surface area contributed by atoms with Crippen LogP contribution in [0.15, 0.2) is 24.3 Å². The van der Waals surface area contributed by atoms with Crippen molar-refractivity contribution in [2.75, 3.05) is 25.1 Å². The first-order valence-corrected chi connectivity index (χ1v) is 6.96. The van der Waals surface area contributed by atoms with E-state index in [2.05, 4.69) is 18.3 Å². The van der Waals surface area contributed by atoms with Crippen molar-refractivity contribution >= 4 is 5.69 Å². The van der Waals surface area contributed by atoms with Gasteiger partial charge in [0, 0.05) is 19.3 Å². The Labute approximate surface area is 109 Å². The van der Waals surface area contributed by atoms with Crippen LogP contribution in [-0.2, 0) is 4.74 Å². The molecule has 1 aromatic carbocycles. The second-order valence-corrected chi connectivity index (χ2v) is 4.73. The Morgan fingerprint density at radius 1 is 1.28 bits per heavy atom. The van der Waals surface area contributed by atoms with Gasteiger partial charge in [0.05, 0.1) is 12.3 Å². The first-order valence-electron chi connectivity index (χ1n) is 6.96. The van der Waals surface area contributed by atoms with Gasteiger partial charge in [-0.1, -0.05) is 19.1 Å². The van der Waals surface area contributed by atoms with Crippen LogP contribution in [0, 0.1) is 0 Å². The number of benzene rings is 1. The molecule has 1 aliphatic heterocycles. The van der Waals surface area contributed by atoms with E-state index in [4.69, 9.17) is 9.47 Å². The molecule has 0 bridgehead atoms. The summed E-state index contributed by atoms with van der Waals surface area (Å²) in [4.78, 5) is 0. The van der Waals surface area contributed by atoms with Crippen molar-refractivity contribution < 1.29 is 9.47 Å². The molecule has 0 saturated carbocycles. The van der Waals surface area contributed by atoms with Crippen LogP contribution in [0.2, 0.25) is 0 Å². The van der Waals surface area contributed by atoms with Crippen molar-refractivity contribution in [2.24, 2.45) is 0 Å². The van der Waals surface area contributed by atoms with Crippen molar-refractivity contribution in [3.05, 3.63) is 24.3 Å². The third kappa shape index (κ3) is 3.91. The zero-order valence-corrected chi connectivity index (χ0v) is 11.2. The number of hydrogen-bond donors (Lipinski definition) is 1. The normalized spacial score (nSPS) is 20.2. The average Bonchev–Trinajstić information content (AvgIpc) is 2.66. The van der Waals surface area contributed by atoms with Crippen LogP contribution in [-0.4, -0.2) is 25.9 Å². The van der Waals surface area contributed by atoms with Gasteiger partial charge in [0.25, 0.3) is 0 Å². The maximum atomic E-state index is 5.77. The highest BCUT2D eigenvalue weighted by molar-refractivity contribution is 5.56. The summed E-state index contributed by atoms with van der Waals surface area (Å²) < 4.78 is 11.3. The lowest BCUT2D eigenvalue weighted by atomic mass is 10.1. The molecule has 1 unspecified atom stereocenters. The highest BCUT2D eigenvalue weighted by Crippen LogP contribution is 2.26. The standard InChI is InChI=1S/C15H23NO2/c1-2-10-18-15-8-4-3-7-14(15)16-13-6-5-11-17-12-9-13/h3-4,7-8,13,16H,2,5-6,9-12H2,1H3. The number of hydrogen-bond acceptors (Lipinski definition) is 3. The van der Waals surface area contributed by atoms with Gasteiger partial charge in [0.15, 0.2) is 0 Å². The Kier molecular flexibility index (Phi) is 5.34. The zero-order valence-electron chi connectivity index (χ0n) is 11.2. The van der Waals surface area contributed by atoms with E-state index in [0.717, 1.165) is 50.5 Å². The fourth-order valence-corrected chi connectivity index (χ4v) is 2.19. The van der Waals surface area contributed by atoms with Crippen LogP contribution in [0.3, 0.4) is 0 Å². The van der Waals surface area contributed by atoms with Gasteiger partial charge in [-0.3, -0.25) is 0 Å². The number of anilines is 1. The summed E-state index contributed by atoms with van der Waals surface area (Å²) >= 11 is 0. The Morgan fingerprint density at radius 2 is 2.17 bits per heavy atom. The molecule has 0 aliphatic carbocycles. The molecule has 1 N–H and O–H groups in total. The first kappa shape index (κ1) is 13.2. The molecule has 18 heavy (non-hydrogen) atoms. The predicted octanol–water partition coefficient (Wildman–Crippen LogP) is 3.46. The number of ether oxygens (including phenoxy) is 2. The lowest BCUT2D eigenvalue weighted by Gasteiger charge is -2.19. The fraction of sp³-hybridized carbons (Fsp3) is 0.600. The van der Waals surface area contributed by atoms with E-state index >= 15 is 0 Å². The van der Waals surface area contributed by atoms with Crippen LogP contribution in [0.4, 0.5) is 5.69 Å². The number of rotatable bonds is 5. The largest absolute Gasteiger partial charge is 0.491 e. The van der Waals surface area contributed by atoms with Crippen LogP contribution in [0.1, 0.15) is 32.6 Å². The summed E-state index contributed by atoms with van der Waals surface area (Å²) in [6, 6.07) is 8.70. The van der Waals surface area contributed by atoms with Crippen molar-refractivity contribution in [3.8, 4) is 5.75 Å². The van der Waals surface area contributed by atoms with Gasteiger partial charge >= 0.3 is 0 Å². The lowest BCUT2D eigenvalue weighted by molar-refractivity contribution is 0.144. The highest BCUT2D eigenvalue weighted by Gasteiger charge is 2.13. The van der Waals surface area contributed by atoms with Crippen molar-refractivity contribution in [1.82, 2.24) is 0 Å². The van der Waals surface area contributed by atoms with Crippen LogP contribution >= 0.6 is 0 Å². The Morgan fingerprint density at radius 3 is 3.06 bits per heavy atom. The van der Waals surface area contributed by atoms with Crippen LogP contribution < -0.4 is 10.1 Å². The molecule has 1 heterocycles. The number of para-hydroxylation sites is 2. The first-order chi connectivity index (χ1) is 8.90. The molecule has 2 rings (SSSR count). The molecular weight excluding hydrogens is 226 g/mol. The quantitative estimate of drug-likeness (QED) is 0.867. The van der Waals surface area contributed by atoms with Gasteiger partial charge in [-0.05, 0) is 37.8 Å². The lowest BCUT2D eigenvalue weighted by Crippen LogP contribution is -2.20. The molecule has 0 radical (unpaired) electrons. The minimum Gasteiger partial charge on any atom is -0.491 e. The van der Waals surface area contributed by atoms with Crippen LogP contribution in [0.25, 0.3) is 0 Å². The Hall–Kier alpha value is -1.22. The maximum Gasteiger partial charge on any atom is 0.142 e. The number of nitrogens with one attached hydrogen (secondary N) is 1. The second kappa shape index (κ2) is 7.27. The molecule has 100 valence electrons. The maximum absolute atomic E-state index is 5.77. The van der Waals surface area contributed by atoms with E-state index in [1.54, 1.807) is 0 Å². The van der Waals surface area contributed by atoms with Gasteiger partial charge in [0.1, 0.15) is 5.75 Å². The van der Waals surface area contributed by atoms with Crippen LogP contribution in [0.5, 0.6) is 5.75 Å². The van der Waals surface area contributed by atoms with E-state index < -0.39 is 0 Å². The Bertz CT molecular complexity index is 346. The topological polar surface area (TPSA) is 30.5 Å². The second-order valence-electron chi connectivity index (χ2n) is 4.73. The molecule has 3 nitrogen and oxygen atoms in total. The van der Waals surface area contributed by atoms with Gasteiger partial charge in [-0.25, -0.2) is 0 Å². The molecule has 1 aliphatic rings. The molecule has 0 amide bonds. The fourth-order valence-electron chi connectivity index (χ4n) is 2.19. The van der Waals surface area contributed by atoms with E-state index in [1.807, 2.05) is 18.2 Å². The van der Waals surface area contributed by atoms with E-state index in [9.17, 15) is 0 Å². The zero-order chi connectivity index (χ0) is 12.6. The Balaban J connectivity index is 1.98. The van der Waals surface area contributed by atoms with Crippen molar-refractivity contribution in [3.63, 3.8) is 0 Å². The molecule has 0 aromatic heterocycles. The summed E-state index contributed by atoms with van der Waals surface area (Å²) in [6.45, 7) is 4.65. The van der Waals surface area contributed by atoms with Crippen molar-refractivity contribution in [1.29, 1.82) is 0 Å². The third-order valence-electron chi connectivity index (χ3n) is 3.16. The molecular formula is C15H23NO2. The predicted molar refractivity (Wildman–Crippen MR) is 74.3 cm³/mol. The minimum atomic E-state index is 0.499. The van der Waals surface area contributed by atoms with E-state index in [0.29, 0.717) is 6.04 Å². The molecule has 1 aromatic rings. The third-order valence-corrected chi connectivity index (χ3v) is 3.16. The van der Waals surface area contributed by atoms with Gasteiger partial charge < -0.3 is 14.8 Å². The molecule has 0 spiro atoms. The van der Waals surface area contributed by atoms with Gasteiger partial charge in [0.2, 0.25) is 0 Å². The summed E-state index contributed by atoms with van der Waals surface area (Å²) in [5, 5.41) is 3.59.